The fraction of sp³-hybridized carbons (Fsp3) is 0.0968. The number of allylic oxidation sites excluding steroid dienone is 5. The van der Waals surface area contributed by atoms with Gasteiger partial charge in [-0.05, 0) is 121 Å². The van der Waals surface area contributed by atoms with Crippen LogP contribution in [0.5, 0.6) is 0 Å². The second-order valence-electron chi connectivity index (χ2n) is 18.4. The molecule has 0 bridgehead atoms. The van der Waals surface area contributed by atoms with Crippen molar-refractivity contribution >= 4 is 46.3 Å². The van der Waals surface area contributed by atoms with Crippen LogP contribution in [0.25, 0.3) is 45.5 Å². The lowest BCUT2D eigenvalue weighted by Gasteiger charge is -2.38. The highest BCUT2D eigenvalue weighted by Crippen LogP contribution is 2.58. The molecular weight excluding hydrogens is 787 g/mol. The van der Waals surface area contributed by atoms with Crippen LogP contribution in [0.2, 0.25) is 0 Å². The summed E-state index contributed by atoms with van der Waals surface area (Å²) in [6.45, 7) is 5.53. The summed E-state index contributed by atoms with van der Waals surface area (Å²) in [6.07, 6.45) is 16.5. The number of nitrogens with zero attached hydrogens (tertiary/aromatic N) is 3. The zero-order valence-corrected chi connectivity index (χ0v) is 36.6. The molecule has 4 aliphatic carbocycles. The van der Waals surface area contributed by atoms with Gasteiger partial charge in [0.2, 0.25) is 0 Å². The van der Waals surface area contributed by atoms with E-state index in [-0.39, 0.29) is 17.3 Å². The van der Waals surface area contributed by atoms with Crippen molar-refractivity contribution in [1.29, 1.82) is 0 Å². The van der Waals surface area contributed by atoms with E-state index in [4.69, 9.17) is 0 Å². The maximum Gasteiger partial charge on any atom is 0.100 e. The van der Waals surface area contributed by atoms with Gasteiger partial charge in [0.25, 0.3) is 0 Å². The first kappa shape index (κ1) is 37.7. The van der Waals surface area contributed by atoms with E-state index in [1.165, 1.54) is 94.5 Å². The summed E-state index contributed by atoms with van der Waals surface area (Å²) in [6, 6.07) is 67.4. The van der Waals surface area contributed by atoms with Crippen LogP contribution in [-0.2, 0) is 5.41 Å². The van der Waals surface area contributed by atoms with Crippen molar-refractivity contribution < 1.29 is 0 Å². The van der Waals surface area contributed by atoms with Gasteiger partial charge >= 0.3 is 0 Å². The minimum atomic E-state index is -0.245. The van der Waals surface area contributed by atoms with Gasteiger partial charge in [-0.2, -0.15) is 0 Å². The van der Waals surface area contributed by atoms with Gasteiger partial charge in [-0.25, -0.2) is 0 Å². The highest BCUT2D eigenvalue weighted by molar-refractivity contribution is 6.04. The van der Waals surface area contributed by atoms with E-state index in [1.54, 1.807) is 0 Å². The summed E-state index contributed by atoms with van der Waals surface area (Å²) < 4.78 is 0. The summed E-state index contributed by atoms with van der Waals surface area (Å²) in [5.74, 6) is 0.354. The number of para-hydroxylation sites is 3. The largest absolute Gasteiger partial charge is 0.321 e. The minimum Gasteiger partial charge on any atom is -0.321 e. The molecule has 8 aromatic rings. The van der Waals surface area contributed by atoms with Crippen molar-refractivity contribution in [3.8, 4) is 33.4 Å². The third kappa shape index (κ3) is 5.82. The van der Waals surface area contributed by atoms with Crippen molar-refractivity contribution in [3.05, 3.63) is 251 Å². The van der Waals surface area contributed by atoms with E-state index in [9.17, 15) is 0 Å². The highest BCUT2D eigenvalue weighted by Gasteiger charge is 2.41. The molecule has 0 radical (unpaired) electrons. The summed E-state index contributed by atoms with van der Waals surface area (Å²) in [7, 11) is 0. The maximum absolute atomic E-state index is 2.57. The lowest BCUT2D eigenvalue weighted by molar-refractivity contribution is 0.660. The molecule has 2 unspecified atom stereocenters. The zero-order valence-electron chi connectivity index (χ0n) is 36.6. The Kier molecular flexibility index (Phi) is 8.45. The molecule has 0 spiro atoms. The monoisotopic (exact) mass is 833 g/mol. The second-order valence-corrected chi connectivity index (χ2v) is 18.4. The van der Waals surface area contributed by atoms with Crippen molar-refractivity contribution in [2.75, 3.05) is 21.4 Å². The number of rotatable bonds is 7. The Bertz CT molecular complexity index is 3430. The third-order valence-electron chi connectivity index (χ3n) is 14.6. The summed E-state index contributed by atoms with van der Waals surface area (Å²) >= 11 is 0. The number of fused-ring (bicyclic) bond motifs is 4. The van der Waals surface area contributed by atoms with Crippen molar-refractivity contribution in [2.45, 2.75) is 31.1 Å². The molecule has 8 aromatic carbocycles. The Hall–Kier alpha value is -7.88. The molecule has 0 fully saturated rings. The smallest absolute Gasteiger partial charge is 0.100 e. The number of benzene rings is 8. The zero-order chi connectivity index (χ0) is 43.2. The van der Waals surface area contributed by atoms with Crippen LogP contribution in [0.4, 0.5) is 34.1 Å². The van der Waals surface area contributed by atoms with E-state index < -0.39 is 0 Å². The molecule has 13 rings (SSSR count). The van der Waals surface area contributed by atoms with E-state index in [0.717, 1.165) is 11.4 Å². The van der Waals surface area contributed by atoms with Gasteiger partial charge in [-0.15, -0.1) is 0 Å². The van der Waals surface area contributed by atoms with Gasteiger partial charge in [0.15, 0.2) is 0 Å². The average molecular weight is 834 g/mol. The highest BCUT2D eigenvalue weighted by atomic mass is 15.4. The van der Waals surface area contributed by atoms with E-state index in [2.05, 4.69) is 253 Å². The van der Waals surface area contributed by atoms with E-state index in [1.807, 2.05) is 0 Å². The molecule has 3 nitrogen and oxygen atoms in total. The van der Waals surface area contributed by atoms with Crippen LogP contribution in [0.15, 0.2) is 218 Å². The lowest BCUT2D eigenvalue weighted by Crippen LogP contribution is -2.34. The van der Waals surface area contributed by atoms with Gasteiger partial charge in [0.1, 0.15) is 6.67 Å². The summed E-state index contributed by atoms with van der Waals surface area (Å²) in [5.41, 5.74) is 21.2. The van der Waals surface area contributed by atoms with Crippen LogP contribution in [0.1, 0.15) is 47.9 Å². The minimum absolute atomic E-state index is 0.0748. The first-order valence-electron chi connectivity index (χ1n) is 23.0. The van der Waals surface area contributed by atoms with Gasteiger partial charge < -0.3 is 14.7 Å². The predicted octanol–water partition coefficient (Wildman–Crippen LogP) is 14.2. The summed E-state index contributed by atoms with van der Waals surface area (Å²) in [4.78, 5) is 7.54. The Morgan fingerprint density at radius 1 is 0.492 bits per heavy atom. The molecule has 0 saturated carbocycles. The second kappa shape index (κ2) is 14.6. The van der Waals surface area contributed by atoms with Gasteiger partial charge in [0.05, 0.1) is 11.4 Å². The molecule has 1 heterocycles. The Morgan fingerprint density at radius 3 is 1.92 bits per heavy atom. The van der Waals surface area contributed by atoms with Crippen LogP contribution >= 0.6 is 0 Å². The van der Waals surface area contributed by atoms with Crippen LogP contribution in [-0.4, -0.2) is 6.67 Å². The molecule has 65 heavy (non-hydrogen) atoms. The molecule has 0 aromatic heterocycles. The Balaban J connectivity index is 1.08. The van der Waals surface area contributed by atoms with Gasteiger partial charge in [-0.1, -0.05) is 178 Å². The number of hydrogen-bond acceptors (Lipinski definition) is 3. The molecule has 5 aliphatic rings. The molecule has 2 atom stereocenters. The molecule has 3 heteroatoms. The quantitative estimate of drug-likeness (QED) is 0.148. The fourth-order valence-corrected chi connectivity index (χ4v) is 11.5. The summed E-state index contributed by atoms with van der Waals surface area (Å²) in [5, 5.41) is 2.63. The topological polar surface area (TPSA) is 9.72 Å². The molecule has 310 valence electrons. The fourth-order valence-electron chi connectivity index (χ4n) is 11.5. The van der Waals surface area contributed by atoms with Gasteiger partial charge in [-0.3, -0.25) is 0 Å². The van der Waals surface area contributed by atoms with Crippen LogP contribution in [0.3, 0.4) is 0 Å². The maximum atomic E-state index is 2.57. The van der Waals surface area contributed by atoms with Crippen molar-refractivity contribution in [1.82, 2.24) is 0 Å². The predicted molar refractivity (Wildman–Crippen MR) is 272 cm³/mol. The first-order chi connectivity index (χ1) is 32.0. The molecule has 0 N–H and O–H groups in total. The van der Waals surface area contributed by atoms with Gasteiger partial charge in [0, 0.05) is 51.3 Å². The average Bonchev–Trinajstić information content (AvgIpc) is 3.87. The third-order valence-corrected chi connectivity index (χ3v) is 14.6. The number of anilines is 6. The van der Waals surface area contributed by atoms with Crippen molar-refractivity contribution in [2.24, 2.45) is 0 Å². The molecule has 0 saturated heterocycles. The van der Waals surface area contributed by atoms with E-state index >= 15 is 0 Å². The molecular formula is C62H47N3. The van der Waals surface area contributed by atoms with Crippen LogP contribution < -0.4 is 25.1 Å². The lowest BCUT2D eigenvalue weighted by atomic mass is 9.75. The first-order valence-corrected chi connectivity index (χ1v) is 23.0. The SMILES string of the molecule is CC1(C)c2ccccc2-c2c(-c3cccc4c3N(c3ccccc3)CN4c3ccccc3)cc(N(C3=CC=c4ccc5c6c4C3C=CC6C=CC=5)c3ccc(-c4ccccc4)cc3)cc21. The van der Waals surface area contributed by atoms with Crippen molar-refractivity contribution in [3.63, 3.8) is 0 Å². The normalized spacial score (nSPS) is 17.6. The Labute approximate surface area is 381 Å². The standard InChI is InChI=1S/C62H47N3/c1-62(2)54-26-13-12-24-51(54)60-53(50-25-15-27-57-61(50)64(47-22-10-5-11-23-47)40-63(57)46-20-8-4-9-21-46)38-49(39-55(60)62)65(48-34-30-42(31-35-48)41-16-6-3-7-17-41)56-37-33-45-29-28-43-18-14-19-44-32-36-52(56)59(45)58(43)44/h3-39,44,52H,40H2,1-2H3. The van der Waals surface area contributed by atoms with E-state index in [0.29, 0.717) is 6.67 Å². The Morgan fingerprint density at radius 2 is 1.15 bits per heavy atom. The molecule has 0 amide bonds. The van der Waals surface area contributed by atoms with Crippen LogP contribution in [0, 0.1) is 0 Å². The molecule has 1 aliphatic heterocycles. The number of hydrogen-bond donors (Lipinski definition) is 0.